The Morgan fingerprint density at radius 1 is 1.11 bits per heavy atom. The molecule has 0 radical (unpaired) electrons. The summed E-state index contributed by atoms with van der Waals surface area (Å²) in [4.78, 5) is 15.0. The second-order valence-corrected chi connectivity index (χ2v) is 9.64. The van der Waals surface area contributed by atoms with E-state index in [2.05, 4.69) is 34.7 Å². The summed E-state index contributed by atoms with van der Waals surface area (Å²) in [5.41, 5.74) is 0.408. The Hall–Kier alpha value is -2.65. The van der Waals surface area contributed by atoms with Gasteiger partial charge in [0.25, 0.3) is 0 Å². The number of ether oxygens (including phenoxy) is 2. The molecule has 1 heterocycles. The van der Waals surface area contributed by atoms with Crippen LogP contribution in [0.4, 0.5) is 23.7 Å². The van der Waals surface area contributed by atoms with E-state index in [-0.39, 0.29) is 28.2 Å². The van der Waals surface area contributed by atoms with Gasteiger partial charge in [-0.3, -0.25) is 0 Å². The lowest BCUT2D eigenvalue weighted by atomic mass is 9.65. The number of likely N-dealkylation sites (tertiary alicyclic amines) is 1. The van der Waals surface area contributed by atoms with Gasteiger partial charge in [-0.1, -0.05) is 17.7 Å². The third-order valence-electron chi connectivity index (χ3n) is 7.37. The number of amides is 2. The molecule has 2 aromatic rings. The Kier molecular flexibility index (Phi) is 7.11. The molecule has 35 heavy (non-hydrogen) atoms. The summed E-state index contributed by atoms with van der Waals surface area (Å²) in [5, 5.41) is 5.40. The average Bonchev–Trinajstić information content (AvgIpc) is 3.16. The summed E-state index contributed by atoms with van der Waals surface area (Å²) < 4.78 is 49.5. The van der Waals surface area contributed by atoms with Crippen molar-refractivity contribution in [3.05, 3.63) is 52.5 Å². The molecule has 1 aliphatic carbocycles. The minimum Gasteiger partial charge on any atom is -0.493 e. The Labute approximate surface area is 207 Å². The molecule has 2 aliphatic rings. The van der Waals surface area contributed by atoms with Gasteiger partial charge in [-0.2, -0.15) is 13.2 Å². The van der Waals surface area contributed by atoms with Gasteiger partial charge in [0, 0.05) is 17.5 Å². The van der Waals surface area contributed by atoms with E-state index in [1.54, 1.807) is 14.2 Å². The number of benzene rings is 2. The van der Waals surface area contributed by atoms with Gasteiger partial charge in [-0.05, 0) is 75.2 Å². The van der Waals surface area contributed by atoms with Crippen LogP contribution in [0.1, 0.15) is 36.8 Å². The van der Waals surface area contributed by atoms with E-state index in [0.717, 1.165) is 44.4 Å². The molecule has 2 amide bonds. The lowest BCUT2D eigenvalue weighted by Crippen LogP contribution is -2.52. The van der Waals surface area contributed by atoms with Crippen LogP contribution in [0, 0.1) is 0 Å². The van der Waals surface area contributed by atoms with Crippen molar-refractivity contribution >= 4 is 23.3 Å². The maximum atomic E-state index is 12.9. The highest BCUT2D eigenvalue weighted by atomic mass is 35.5. The number of alkyl halides is 3. The van der Waals surface area contributed by atoms with Gasteiger partial charge in [0.15, 0.2) is 11.5 Å². The van der Waals surface area contributed by atoms with Gasteiger partial charge in [-0.25, -0.2) is 4.79 Å². The monoisotopic (exact) mass is 511 g/mol. The fraction of sp³-hybridized carbons (Fsp3) is 0.480. The van der Waals surface area contributed by atoms with Crippen molar-refractivity contribution in [1.82, 2.24) is 10.2 Å². The summed E-state index contributed by atoms with van der Waals surface area (Å²) in [6, 6.07) is 8.60. The molecule has 2 aromatic carbocycles. The Balaban J connectivity index is 1.45. The molecule has 0 spiro atoms. The van der Waals surface area contributed by atoms with Crippen LogP contribution in [-0.2, 0) is 11.6 Å². The number of hydrogen-bond acceptors (Lipinski definition) is 4. The quantitative estimate of drug-likeness (QED) is 0.541. The predicted molar refractivity (Wildman–Crippen MR) is 129 cm³/mol. The molecule has 1 saturated carbocycles. The molecule has 4 rings (SSSR count). The fourth-order valence-electron chi connectivity index (χ4n) is 5.53. The van der Waals surface area contributed by atoms with E-state index in [1.165, 1.54) is 11.6 Å². The van der Waals surface area contributed by atoms with Crippen LogP contribution in [0.5, 0.6) is 11.5 Å². The van der Waals surface area contributed by atoms with Crippen LogP contribution in [0.3, 0.4) is 0 Å². The van der Waals surface area contributed by atoms with Crippen molar-refractivity contribution < 1.29 is 27.4 Å². The van der Waals surface area contributed by atoms with Crippen LogP contribution in [0.2, 0.25) is 5.02 Å². The first-order valence-corrected chi connectivity index (χ1v) is 11.8. The van der Waals surface area contributed by atoms with E-state index < -0.39 is 17.8 Å². The summed E-state index contributed by atoms with van der Waals surface area (Å²) in [6.07, 6.45) is -1.10. The molecular weight excluding hydrogens is 483 g/mol. The van der Waals surface area contributed by atoms with Gasteiger partial charge in [0.1, 0.15) is 0 Å². The Morgan fingerprint density at radius 2 is 1.86 bits per heavy atom. The molecule has 0 aromatic heterocycles. The molecular formula is C25H29ClF3N3O3. The maximum absolute atomic E-state index is 12.9. The smallest absolute Gasteiger partial charge is 0.416 e. The topological polar surface area (TPSA) is 62.8 Å². The van der Waals surface area contributed by atoms with Gasteiger partial charge < -0.3 is 25.0 Å². The van der Waals surface area contributed by atoms with E-state index in [9.17, 15) is 18.0 Å². The number of urea groups is 1. The van der Waals surface area contributed by atoms with Crippen molar-refractivity contribution in [2.75, 3.05) is 33.1 Å². The Morgan fingerprint density at radius 3 is 2.51 bits per heavy atom. The van der Waals surface area contributed by atoms with Crippen molar-refractivity contribution in [3.8, 4) is 11.5 Å². The summed E-state index contributed by atoms with van der Waals surface area (Å²) in [7, 11) is 5.33. The highest BCUT2D eigenvalue weighted by molar-refractivity contribution is 6.33. The fourth-order valence-corrected chi connectivity index (χ4v) is 5.76. The average molecular weight is 512 g/mol. The zero-order chi connectivity index (χ0) is 25.4. The zero-order valence-corrected chi connectivity index (χ0v) is 20.6. The van der Waals surface area contributed by atoms with Gasteiger partial charge in [-0.15, -0.1) is 0 Å². The second kappa shape index (κ2) is 9.78. The highest BCUT2D eigenvalue weighted by Gasteiger charge is 2.50. The van der Waals surface area contributed by atoms with Crippen molar-refractivity contribution in [2.45, 2.75) is 49.4 Å². The molecule has 6 nitrogen and oxygen atoms in total. The number of methoxy groups -OCH3 is 2. The van der Waals surface area contributed by atoms with E-state index in [1.807, 2.05) is 6.07 Å². The normalized spacial score (nSPS) is 24.5. The standard InChI is InChI=1S/C25H29ClF3N3O3/c1-32-11-10-24(15-5-7-20(34-2)21(13-15)35-3)9-8-17(14-22(24)32)30-23(33)31-19-6-4-16(12-18(19)26)25(27,28)29/h4-7,12-13,17,22H,8-11,14H2,1-3H3,(H2,30,31,33)/t17-,22+,24+/m1/s1. The summed E-state index contributed by atoms with van der Waals surface area (Å²) in [6.45, 7) is 0.944. The van der Waals surface area contributed by atoms with Crippen molar-refractivity contribution in [1.29, 1.82) is 0 Å². The number of halogens is 4. The minimum atomic E-state index is -4.50. The zero-order valence-electron chi connectivity index (χ0n) is 19.8. The predicted octanol–water partition coefficient (Wildman–Crippen LogP) is 5.69. The molecule has 1 saturated heterocycles. The minimum absolute atomic E-state index is 0.0559. The lowest BCUT2D eigenvalue weighted by Gasteiger charge is -2.45. The Bertz CT molecular complexity index is 1100. The van der Waals surface area contributed by atoms with Gasteiger partial charge >= 0.3 is 12.2 Å². The highest BCUT2D eigenvalue weighted by Crippen LogP contribution is 2.50. The number of nitrogens with one attached hydrogen (secondary N) is 2. The third kappa shape index (κ3) is 5.02. The van der Waals surface area contributed by atoms with Crippen molar-refractivity contribution in [2.24, 2.45) is 0 Å². The van der Waals surface area contributed by atoms with Gasteiger partial charge in [0.05, 0.1) is 30.5 Å². The molecule has 0 bridgehead atoms. The van der Waals surface area contributed by atoms with Crippen molar-refractivity contribution in [3.63, 3.8) is 0 Å². The largest absolute Gasteiger partial charge is 0.493 e. The van der Waals surface area contributed by atoms with Crippen LogP contribution in [0.25, 0.3) is 0 Å². The second-order valence-electron chi connectivity index (χ2n) is 9.23. The van der Waals surface area contributed by atoms with E-state index in [0.29, 0.717) is 11.5 Å². The molecule has 0 unspecified atom stereocenters. The van der Waals surface area contributed by atoms with E-state index >= 15 is 0 Å². The molecule has 2 N–H and O–H groups in total. The molecule has 190 valence electrons. The SMILES string of the molecule is COc1ccc([C@@]23CC[C@@H](NC(=O)Nc4ccc(C(F)(F)F)cc4Cl)C[C@@H]2N(C)CC3)cc1OC. The number of carbonyl (C=O) groups excluding carboxylic acids is 1. The number of carbonyl (C=O) groups is 1. The molecule has 10 heteroatoms. The lowest BCUT2D eigenvalue weighted by molar-refractivity contribution is -0.137. The number of hydrogen-bond donors (Lipinski definition) is 2. The first-order valence-electron chi connectivity index (χ1n) is 11.4. The van der Waals surface area contributed by atoms with Crippen LogP contribution in [-0.4, -0.2) is 50.8 Å². The van der Waals surface area contributed by atoms with Crippen LogP contribution < -0.4 is 20.1 Å². The molecule has 3 atom stereocenters. The maximum Gasteiger partial charge on any atom is 0.416 e. The summed E-state index contributed by atoms with van der Waals surface area (Å²) in [5.74, 6) is 1.38. The molecule has 1 aliphatic heterocycles. The van der Waals surface area contributed by atoms with Crippen LogP contribution >= 0.6 is 11.6 Å². The number of fused-ring (bicyclic) bond motifs is 1. The number of nitrogens with zero attached hydrogens (tertiary/aromatic N) is 1. The van der Waals surface area contributed by atoms with Gasteiger partial charge in [0.2, 0.25) is 0 Å². The number of anilines is 1. The van der Waals surface area contributed by atoms with E-state index in [4.69, 9.17) is 21.1 Å². The molecule has 2 fully saturated rings. The number of likely N-dealkylation sites (N-methyl/N-ethyl adjacent to an activating group) is 1. The number of rotatable bonds is 5. The summed E-state index contributed by atoms with van der Waals surface area (Å²) >= 11 is 5.98. The first kappa shape index (κ1) is 25.4. The third-order valence-corrected chi connectivity index (χ3v) is 7.68. The van der Waals surface area contributed by atoms with Crippen LogP contribution in [0.15, 0.2) is 36.4 Å². The first-order chi connectivity index (χ1) is 16.6.